The number of piperazine rings is 1. The summed E-state index contributed by atoms with van der Waals surface area (Å²) in [5.41, 5.74) is 0.771. The Bertz CT molecular complexity index is 783. The first-order chi connectivity index (χ1) is 11.5. The second kappa shape index (κ2) is 6.83. The predicted octanol–water partition coefficient (Wildman–Crippen LogP) is 2.89. The van der Waals surface area contributed by atoms with E-state index in [9.17, 15) is 9.59 Å². The minimum atomic E-state index is -0.187. The molecule has 1 fully saturated rings. The summed E-state index contributed by atoms with van der Waals surface area (Å²) in [5.74, 6) is 0.276. The van der Waals surface area contributed by atoms with E-state index >= 15 is 0 Å². The lowest BCUT2D eigenvalue weighted by atomic mass is 10.1. The summed E-state index contributed by atoms with van der Waals surface area (Å²) in [5, 5.41) is 4.49. The van der Waals surface area contributed by atoms with Gasteiger partial charge in [0, 0.05) is 37.8 Å². The number of nitrogens with zero attached hydrogens (tertiary/aromatic N) is 3. The number of hydrogen-bond donors (Lipinski definition) is 0. The van der Waals surface area contributed by atoms with Crippen LogP contribution in [0, 0.1) is 6.92 Å². The van der Waals surface area contributed by atoms with Crippen LogP contribution in [0.2, 0.25) is 10.0 Å². The molecule has 1 aromatic heterocycles. The molecule has 1 aliphatic heterocycles. The lowest BCUT2D eigenvalue weighted by Crippen LogP contribution is -2.50. The van der Waals surface area contributed by atoms with Crippen molar-refractivity contribution in [2.75, 3.05) is 26.2 Å². The molecule has 0 saturated carbocycles. The van der Waals surface area contributed by atoms with Crippen molar-refractivity contribution in [3.8, 4) is 0 Å². The van der Waals surface area contributed by atoms with Crippen LogP contribution in [0.15, 0.2) is 28.8 Å². The SMILES string of the molecule is Cc1cc(C(=O)N2CCN(C(=O)c3ccc(Cl)c(Cl)c3)CC2)no1. The smallest absolute Gasteiger partial charge is 0.276 e. The Kier molecular flexibility index (Phi) is 4.78. The fourth-order valence-corrected chi connectivity index (χ4v) is 2.85. The van der Waals surface area contributed by atoms with Crippen LogP contribution in [-0.4, -0.2) is 52.9 Å². The Morgan fingerprint density at radius 3 is 2.17 bits per heavy atom. The van der Waals surface area contributed by atoms with Crippen LogP contribution in [0.4, 0.5) is 0 Å². The minimum Gasteiger partial charge on any atom is -0.361 e. The molecular formula is C16H15Cl2N3O3. The maximum Gasteiger partial charge on any atom is 0.276 e. The topological polar surface area (TPSA) is 66.7 Å². The zero-order chi connectivity index (χ0) is 17.3. The average molecular weight is 368 g/mol. The number of carbonyl (C=O) groups is 2. The lowest BCUT2D eigenvalue weighted by molar-refractivity contribution is 0.0530. The Morgan fingerprint density at radius 2 is 1.62 bits per heavy atom. The molecule has 0 radical (unpaired) electrons. The molecule has 2 aromatic rings. The molecule has 1 aliphatic rings. The van der Waals surface area contributed by atoms with Crippen LogP contribution in [-0.2, 0) is 0 Å². The Hall–Kier alpha value is -2.05. The zero-order valence-corrected chi connectivity index (χ0v) is 14.5. The number of hydrogen-bond acceptors (Lipinski definition) is 4. The van der Waals surface area contributed by atoms with Crippen molar-refractivity contribution in [2.45, 2.75) is 6.92 Å². The molecule has 0 unspecified atom stereocenters. The van der Waals surface area contributed by atoms with Gasteiger partial charge in [-0.05, 0) is 25.1 Å². The van der Waals surface area contributed by atoms with Crippen LogP contribution in [0.5, 0.6) is 0 Å². The molecule has 0 N–H and O–H groups in total. The van der Waals surface area contributed by atoms with Crippen molar-refractivity contribution in [1.29, 1.82) is 0 Å². The van der Waals surface area contributed by atoms with Gasteiger partial charge in [-0.15, -0.1) is 0 Å². The minimum absolute atomic E-state index is 0.127. The second-order valence-electron chi connectivity index (χ2n) is 5.54. The number of aryl methyl sites for hydroxylation is 1. The molecule has 0 aliphatic carbocycles. The van der Waals surface area contributed by atoms with Gasteiger partial charge in [0.15, 0.2) is 5.69 Å². The number of amides is 2. The number of rotatable bonds is 2. The molecule has 126 valence electrons. The number of halogens is 2. The lowest BCUT2D eigenvalue weighted by Gasteiger charge is -2.34. The third kappa shape index (κ3) is 3.39. The van der Waals surface area contributed by atoms with Gasteiger partial charge in [0.25, 0.3) is 11.8 Å². The van der Waals surface area contributed by atoms with E-state index in [0.717, 1.165) is 0 Å². The highest BCUT2D eigenvalue weighted by atomic mass is 35.5. The first-order valence-corrected chi connectivity index (χ1v) is 8.18. The van der Waals surface area contributed by atoms with E-state index in [1.807, 2.05) is 0 Å². The maximum absolute atomic E-state index is 12.5. The van der Waals surface area contributed by atoms with E-state index in [-0.39, 0.29) is 17.5 Å². The first kappa shape index (κ1) is 16.8. The Labute approximate surface area is 148 Å². The largest absolute Gasteiger partial charge is 0.361 e. The highest BCUT2D eigenvalue weighted by Gasteiger charge is 2.27. The van der Waals surface area contributed by atoms with Gasteiger partial charge in [0.2, 0.25) is 0 Å². The van der Waals surface area contributed by atoms with E-state index in [0.29, 0.717) is 47.5 Å². The standard InChI is InChI=1S/C16H15Cl2N3O3/c1-10-8-14(19-24-10)16(23)21-6-4-20(5-7-21)15(22)11-2-3-12(17)13(18)9-11/h2-3,8-9H,4-7H2,1H3. The molecule has 1 aromatic carbocycles. The molecule has 24 heavy (non-hydrogen) atoms. The Morgan fingerprint density at radius 1 is 1.00 bits per heavy atom. The quantitative estimate of drug-likeness (QED) is 0.818. The fourth-order valence-electron chi connectivity index (χ4n) is 2.55. The van der Waals surface area contributed by atoms with Gasteiger partial charge in [0.1, 0.15) is 5.76 Å². The van der Waals surface area contributed by atoms with Gasteiger partial charge in [-0.1, -0.05) is 28.4 Å². The summed E-state index contributed by atoms with van der Waals surface area (Å²) in [6.07, 6.45) is 0. The predicted molar refractivity (Wildman–Crippen MR) is 89.5 cm³/mol. The summed E-state index contributed by atoms with van der Waals surface area (Å²) in [6, 6.07) is 6.41. The average Bonchev–Trinajstić information content (AvgIpc) is 3.02. The van der Waals surface area contributed by atoms with Gasteiger partial charge in [-0.3, -0.25) is 9.59 Å². The van der Waals surface area contributed by atoms with E-state index in [1.165, 1.54) is 0 Å². The molecule has 8 heteroatoms. The molecule has 0 bridgehead atoms. The molecule has 0 atom stereocenters. The molecular weight excluding hydrogens is 353 g/mol. The van der Waals surface area contributed by atoms with Crippen molar-refractivity contribution in [3.63, 3.8) is 0 Å². The van der Waals surface area contributed by atoms with Gasteiger partial charge in [-0.2, -0.15) is 0 Å². The van der Waals surface area contributed by atoms with Crippen LogP contribution in [0.25, 0.3) is 0 Å². The van der Waals surface area contributed by atoms with Gasteiger partial charge < -0.3 is 14.3 Å². The van der Waals surface area contributed by atoms with Crippen molar-refractivity contribution >= 4 is 35.0 Å². The van der Waals surface area contributed by atoms with Gasteiger partial charge >= 0.3 is 0 Å². The Balaban J connectivity index is 1.63. The molecule has 2 heterocycles. The van der Waals surface area contributed by atoms with Crippen LogP contribution in [0.3, 0.4) is 0 Å². The second-order valence-corrected chi connectivity index (χ2v) is 6.35. The summed E-state index contributed by atoms with van der Waals surface area (Å²) in [4.78, 5) is 28.2. The molecule has 6 nitrogen and oxygen atoms in total. The summed E-state index contributed by atoms with van der Waals surface area (Å²) >= 11 is 11.8. The normalized spacial score (nSPS) is 14.8. The van der Waals surface area contributed by atoms with Crippen molar-refractivity contribution in [3.05, 3.63) is 51.3 Å². The van der Waals surface area contributed by atoms with E-state index < -0.39 is 0 Å². The number of carbonyl (C=O) groups excluding carboxylic acids is 2. The maximum atomic E-state index is 12.5. The molecule has 0 spiro atoms. The van der Waals surface area contributed by atoms with E-state index in [2.05, 4.69) is 5.16 Å². The van der Waals surface area contributed by atoms with E-state index in [1.54, 1.807) is 41.0 Å². The fraction of sp³-hybridized carbons (Fsp3) is 0.312. The van der Waals surface area contributed by atoms with Crippen LogP contribution in [0.1, 0.15) is 26.6 Å². The van der Waals surface area contributed by atoms with Crippen molar-refractivity contribution in [1.82, 2.24) is 15.0 Å². The summed E-state index contributed by atoms with van der Waals surface area (Å²) in [7, 11) is 0. The summed E-state index contributed by atoms with van der Waals surface area (Å²) < 4.78 is 4.93. The van der Waals surface area contributed by atoms with Crippen LogP contribution < -0.4 is 0 Å². The molecule has 1 saturated heterocycles. The number of aromatic nitrogens is 1. The van der Waals surface area contributed by atoms with Gasteiger partial charge in [0.05, 0.1) is 10.0 Å². The third-order valence-corrected chi connectivity index (χ3v) is 4.61. The number of benzene rings is 1. The van der Waals surface area contributed by atoms with Crippen LogP contribution >= 0.6 is 23.2 Å². The third-order valence-electron chi connectivity index (χ3n) is 3.87. The zero-order valence-electron chi connectivity index (χ0n) is 13.0. The van der Waals surface area contributed by atoms with Crippen molar-refractivity contribution in [2.24, 2.45) is 0 Å². The highest BCUT2D eigenvalue weighted by Crippen LogP contribution is 2.23. The summed E-state index contributed by atoms with van der Waals surface area (Å²) in [6.45, 7) is 3.51. The molecule has 3 rings (SSSR count). The van der Waals surface area contributed by atoms with Crippen molar-refractivity contribution < 1.29 is 14.1 Å². The highest BCUT2D eigenvalue weighted by molar-refractivity contribution is 6.42. The molecule has 2 amide bonds. The van der Waals surface area contributed by atoms with Gasteiger partial charge in [-0.25, -0.2) is 0 Å². The first-order valence-electron chi connectivity index (χ1n) is 7.42. The van der Waals surface area contributed by atoms with E-state index in [4.69, 9.17) is 27.7 Å². The monoisotopic (exact) mass is 367 g/mol.